The predicted molar refractivity (Wildman–Crippen MR) is 84.2 cm³/mol. The molecule has 0 radical (unpaired) electrons. The monoisotopic (exact) mass is 318 g/mol. The number of nitrogens with one attached hydrogen (secondary N) is 1. The second-order valence-electron chi connectivity index (χ2n) is 4.87. The molecule has 0 atom stereocenters. The highest BCUT2D eigenvalue weighted by atomic mass is 35.5. The molecule has 0 spiro atoms. The van der Waals surface area contributed by atoms with Gasteiger partial charge < -0.3 is 16.0 Å². The maximum atomic E-state index is 12.6. The van der Waals surface area contributed by atoms with Gasteiger partial charge in [-0.1, -0.05) is 11.6 Å². The minimum Gasteiger partial charge on any atom is -0.383 e. The van der Waals surface area contributed by atoms with E-state index in [1.165, 1.54) is 6.20 Å². The van der Waals surface area contributed by atoms with Crippen molar-refractivity contribution < 1.29 is 4.79 Å². The van der Waals surface area contributed by atoms with Gasteiger partial charge in [0.1, 0.15) is 11.6 Å². The van der Waals surface area contributed by atoms with Crippen LogP contribution in [0, 0.1) is 0 Å². The minimum atomic E-state index is -0.375. The van der Waals surface area contributed by atoms with E-state index in [-0.39, 0.29) is 28.0 Å². The number of anilines is 2. The molecule has 0 bridgehead atoms. The fourth-order valence-corrected chi connectivity index (χ4v) is 2.47. The van der Waals surface area contributed by atoms with Gasteiger partial charge in [-0.05, 0) is 12.1 Å². The van der Waals surface area contributed by atoms with Crippen molar-refractivity contribution in [3.05, 3.63) is 40.9 Å². The Bertz CT molecular complexity index is 701. The van der Waals surface area contributed by atoms with Crippen LogP contribution in [0.5, 0.6) is 0 Å². The molecule has 0 saturated carbocycles. The number of carbonyl (C=O) groups is 1. The summed E-state index contributed by atoms with van der Waals surface area (Å²) in [7, 11) is 0. The molecule has 2 aromatic rings. The van der Waals surface area contributed by atoms with Gasteiger partial charge in [0.05, 0.1) is 11.8 Å². The summed E-state index contributed by atoms with van der Waals surface area (Å²) in [4.78, 5) is 27.0. The number of hydrogen-bond donors (Lipinski definition) is 2. The lowest BCUT2D eigenvalue weighted by Crippen LogP contribution is -2.44. The summed E-state index contributed by atoms with van der Waals surface area (Å²) in [5, 5.41) is 3.32. The summed E-state index contributed by atoms with van der Waals surface area (Å²) in [6.07, 6.45) is 3.10. The lowest BCUT2D eigenvalue weighted by atomic mass is 10.1. The van der Waals surface area contributed by atoms with Crippen LogP contribution >= 0.6 is 11.6 Å². The molecule has 7 nitrogen and oxygen atoms in total. The molecule has 114 valence electrons. The number of nitrogens with two attached hydrogens (primary N) is 1. The highest BCUT2D eigenvalue weighted by molar-refractivity contribution is 6.33. The van der Waals surface area contributed by atoms with Gasteiger partial charge in [-0.15, -0.1) is 0 Å². The van der Waals surface area contributed by atoms with Crippen molar-refractivity contribution in [2.24, 2.45) is 0 Å². The Morgan fingerprint density at radius 1 is 1.32 bits per heavy atom. The summed E-state index contributed by atoms with van der Waals surface area (Å²) in [6, 6.07) is 3.24. The molecule has 3 N–H and O–H groups in total. The van der Waals surface area contributed by atoms with Crippen LogP contribution in [0.4, 0.5) is 11.6 Å². The van der Waals surface area contributed by atoms with Gasteiger partial charge in [-0.2, -0.15) is 0 Å². The van der Waals surface area contributed by atoms with Gasteiger partial charge in [0.2, 0.25) is 5.78 Å². The average Bonchev–Trinajstić information content (AvgIpc) is 2.56. The molecule has 2 aromatic heterocycles. The number of nitrogens with zero attached hydrogens (tertiary/aromatic N) is 4. The van der Waals surface area contributed by atoms with E-state index in [9.17, 15) is 4.79 Å². The van der Waals surface area contributed by atoms with Crippen molar-refractivity contribution in [1.29, 1.82) is 0 Å². The maximum Gasteiger partial charge on any atom is 0.218 e. The summed E-state index contributed by atoms with van der Waals surface area (Å²) in [5.74, 6) is 0.412. The fourth-order valence-electron chi connectivity index (χ4n) is 2.29. The molecule has 0 aliphatic carbocycles. The van der Waals surface area contributed by atoms with E-state index in [4.69, 9.17) is 17.3 Å². The zero-order chi connectivity index (χ0) is 15.5. The first kappa shape index (κ1) is 14.7. The predicted octanol–water partition coefficient (Wildman–Crippen LogP) is 0.748. The zero-order valence-corrected chi connectivity index (χ0v) is 12.5. The first-order valence-corrected chi connectivity index (χ1v) is 7.28. The standard InChI is InChI=1S/C14H15ClN6O/c15-13-11(12(22)9-2-1-3-18-14(9)16)20-10(8-19-13)21-6-4-17-5-7-21/h1-3,8,17H,4-7H2,(H2,16,18). The zero-order valence-electron chi connectivity index (χ0n) is 11.8. The number of ketones is 1. The van der Waals surface area contributed by atoms with Crippen LogP contribution in [0.3, 0.4) is 0 Å². The number of halogens is 1. The van der Waals surface area contributed by atoms with Crippen molar-refractivity contribution in [2.75, 3.05) is 36.8 Å². The smallest absolute Gasteiger partial charge is 0.218 e. The van der Waals surface area contributed by atoms with Crippen molar-refractivity contribution in [3.8, 4) is 0 Å². The van der Waals surface area contributed by atoms with Crippen LogP contribution < -0.4 is 16.0 Å². The third-order valence-electron chi connectivity index (χ3n) is 3.45. The van der Waals surface area contributed by atoms with Crippen LogP contribution in [-0.4, -0.2) is 46.9 Å². The third kappa shape index (κ3) is 2.86. The molecular weight excluding hydrogens is 304 g/mol. The summed E-state index contributed by atoms with van der Waals surface area (Å²) in [6.45, 7) is 3.34. The van der Waals surface area contributed by atoms with Gasteiger partial charge in [0.25, 0.3) is 0 Å². The molecular formula is C14H15ClN6O. The number of carbonyl (C=O) groups excluding carboxylic acids is 1. The normalized spacial score (nSPS) is 14.9. The maximum absolute atomic E-state index is 12.6. The van der Waals surface area contributed by atoms with Crippen LogP contribution in [0.25, 0.3) is 0 Å². The average molecular weight is 319 g/mol. The van der Waals surface area contributed by atoms with E-state index in [1.807, 2.05) is 0 Å². The fraction of sp³-hybridized carbons (Fsp3) is 0.286. The van der Waals surface area contributed by atoms with Crippen LogP contribution in [0.15, 0.2) is 24.5 Å². The Kier molecular flexibility index (Phi) is 4.17. The molecule has 22 heavy (non-hydrogen) atoms. The number of nitrogen functional groups attached to an aromatic ring is 1. The molecule has 3 rings (SSSR count). The van der Waals surface area contributed by atoms with Gasteiger partial charge in [-0.3, -0.25) is 4.79 Å². The lowest BCUT2D eigenvalue weighted by Gasteiger charge is -2.28. The number of aromatic nitrogens is 3. The molecule has 0 unspecified atom stereocenters. The largest absolute Gasteiger partial charge is 0.383 e. The molecule has 1 aliphatic heterocycles. The summed E-state index contributed by atoms with van der Waals surface area (Å²) < 4.78 is 0. The van der Waals surface area contributed by atoms with Gasteiger partial charge >= 0.3 is 0 Å². The quantitative estimate of drug-likeness (QED) is 0.806. The molecule has 3 heterocycles. The Hall–Kier alpha value is -2.25. The van der Waals surface area contributed by atoms with Gasteiger partial charge in [0, 0.05) is 32.4 Å². The van der Waals surface area contributed by atoms with E-state index >= 15 is 0 Å². The second kappa shape index (κ2) is 6.25. The second-order valence-corrected chi connectivity index (χ2v) is 5.23. The molecule has 1 aliphatic rings. The van der Waals surface area contributed by atoms with Crippen LogP contribution in [0.2, 0.25) is 5.15 Å². The van der Waals surface area contributed by atoms with Crippen LogP contribution in [0.1, 0.15) is 16.1 Å². The molecule has 1 fully saturated rings. The Balaban J connectivity index is 1.96. The van der Waals surface area contributed by atoms with Crippen molar-refractivity contribution >= 4 is 29.0 Å². The van der Waals surface area contributed by atoms with Crippen molar-refractivity contribution in [1.82, 2.24) is 20.3 Å². The van der Waals surface area contributed by atoms with Crippen molar-refractivity contribution in [2.45, 2.75) is 0 Å². The SMILES string of the molecule is Nc1ncccc1C(=O)c1nc(N2CCNCC2)cnc1Cl. The van der Waals surface area contributed by atoms with E-state index in [0.29, 0.717) is 5.82 Å². The Labute approximate surface area is 132 Å². The number of rotatable bonds is 3. The van der Waals surface area contributed by atoms with E-state index in [0.717, 1.165) is 26.2 Å². The first-order chi connectivity index (χ1) is 10.7. The topological polar surface area (TPSA) is 97.0 Å². The number of hydrogen-bond acceptors (Lipinski definition) is 7. The number of pyridine rings is 1. The minimum absolute atomic E-state index is 0.0622. The first-order valence-electron chi connectivity index (χ1n) is 6.90. The molecule has 0 aromatic carbocycles. The van der Waals surface area contributed by atoms with E-state index in [2.05, 4.69) is 25.2 Å². The van der Waals surface area contributed by atoms with Crippen molar-refractivity contribution in [3.63, 3.8) is 0 Å². The van der Waals surface area contributed by atoms with Gasteiger partial charge in [-0.25, -0.2) is 15.0 Å². The highest BCUT2D eigenvalue weighted by Crippen LogP contribution is 2.21. The Morgan fingerprint density at radius 3 is 2.82 bits per heavy atom. The number of piperazine rings is 1. The summed E-state index contributed by atoms with van der Waals surface area (Å²) in [5.41, 5.74) is 6.12. The highest BCUT2D eigenvalue weighted by Gasteiger charge is 2.21. The molecule has 8 heteroatoms. The lowest BCUT2D eigenvalue weighted by molar-refractivity contribution is 0.103. The van der Waals surface area contributed by atoms with E-state index < -0.39 is 0 Å². The van der Waals surface area contributed by atoms with E-state index in [1.54, 1.807) is 18.3 Å². The molecule has 0 amide bonds. The van der Waals surface area contributed by atoms with Crippen LogP contribution in [-0.2, 0) is 0 Å². The third-order valence-corrected chi connectivity index (χ3v) is 3.73. The summed E-state index contributed by atoms with van der Waals surface area (Å²) >= 11 is 6.05. The molecule has 1 saturated heterocycles. The van der Waals surface area contributed by atoms with Gasteiger partial charge in [0.15, 0.2) is 10.8 Å². The Morgan fingerprint density at radius 2 is 2.09 bits per heavy atom.